The van der Waals surface area contributed by atoms with Crippen molar-refractivity contribution in [3.8, 4) is 0 Å². The fraction of sp³-hybridized carbons (Fsp3) is 0.278. The lowest BCUT2D eigenvalue weighted by Gasteiger charge is -2.34. The van der Waals surface area contributed by atoms with Gasteiger partial charge in [-0.1, -0.05) is 102 Å². The molecule has 0 aliphatic carbocycles. The maximum absolute atomic E-state index is 14.6. The second-order valence-corrected chi connectivity index (χ2v) is 15.2. The van der Waals surface area contributed by atoms with Crippen molar-refractivity contribution >= 4 is 55.1 Å². The first-order valence-electron chi connectivity index (χ1n) is 15.4. The number of hydrogen-bond acceptors (Lipinski definition) is 4. The number of benzene rings is 4. The van der Waals surface area contributed by atoms with Crippen LogP contribution in [0.1, 0.15) is 36.1 Å². The minimum atomic E-state index is -4.90. The predicted molar refractivity (Wildman–Crippen MR) is 189 cm³/mol. The summed E-state index contributed by atoms with van der Waals surface area (Å²) in [5, 5.41) is 2.27. The Labute approximate surface area is 298 Å². The molecule has 49 heavy (non-hydrogen) atoms. The Kier molecular flexibility index (Phi) is 12.6. The van der Waals surface area contributed by atoms with Gasteiger partial charge in [-0.3, -0.25) is 13.9 Å². The number of amides is 2. The van der Waals surface area contributed by atoms with Crippen LogP contribution >= 0.6 is 27.5 Å². The number of aryl methyl sites for hydroxylation is 1. The van der Waals surface area contributed by atoms with Crippen LogP contribution in [0.4, 0.5) is 18.9 Å². The zero-order chi connectivity index (χ0) is 35.9. The number of carbonyl (C=O) groups is 2. The third kappa shape index (κ3) is 10.1. The van der Waals surface area contributed by atoms with E-state index >= 15 is 0 Å². The Morgan fingerprint density at radius 1 is 0.898 bits per heavy atom. The van der Waals surface area contributed by atoms with Crippen LogP contribution in [0.3, 0.4) is 0 Å². The summed E-state index contributed by atoms with van der Waals surface area (Å²) in [5.74, 6) is -1.17. The standard InChI is InChI=1S/C36H36BrClF3N3O4S/c1-24(2)21-42-35(46)33(19-26-8-5-4-6-9-26)43(22-27-10-7-11-28(37)18-27)34(45)23-44(49(47,48)30-15-12-25(3)13-16-30)29-14-17-32(38)31(20-29)36(39,40)41/h4-18,20,24,33H,19,21-23H2,1-3H3,(H,42,46). The van der Waals surface area contributed by atoms with E-state index in [4.69, 9.17) is 11.6 Å². The number of alkyl halides is 3. The molecule has 0 spiro atoms. The molecule has 4 aromatic carbocycles. The molecule has 0 bridgehead atoms. The minimum Gasteiger partial charge on any atom is -0.354 e. The summed E-state index contributed by atoms with van der Waals surface area (Å²) in [4.78, 5) is 29.5. The average molecular weight is 779 g/mol. The second-order valence-electron chi connectivity index (χ2n) is 12.0. The largest absolute Gasteiger partial charge is 0.417 e. The Hall–Kier alpha value is -3.87. The molecule has 2 amide bonds. The van der Waals surface area contributed by atoms with Gasteiger partial charge >= 0.3 is 6.18 Å². The SMILES string of the molecule is Cc1ccc(S(=O)(=O)N(CC(=O)N(Cc2cccc(Br)c2)C(Cc2ccccc2)C(=O)NCC(C)C)c2ccc(Cl)c(C(F)(F)F)c2)cc1. The number of rotatable bonds is 13. The van der Waals surface area contributed by atoms with Crippen molar-refractivity contribution in [2.45, 2.75) is 50.9 Å². The van der Waals surface area contributed by atoms with Crippen molar-refractivity contribution < 1.29 is 31.2 Å². The number of nitrogens with zero attached hydrogens (tertiary/aromatic N) is 2. The summed E-state index contributed by atoms with van der Waals surface area (Å²) in [7, 11) is -4.61. The second kappa shape index (κ2) is 16.2. The molecule has 0 aromatic heterocycles. The fourth-order valence-corrected chi connectivity index (χ4v) is 7.14. The van der Waals surface area contributed by atoms with E-state index in [0.717, 1.165) is 23.3 Å². The molecular weight excluding hydrogens is 743 g/mol. The van der Waals surface area contributed by atoms with Gasteiger partial charge in [0.2, 0.25) is 11.8 Å². The lowest BCUT2D eigenvalue weighted by Crippen LogP contribution is -2.53. The van der Waals surface area contributed by atoms with Crippen LogP contribution in [0.2, 0.25) is 5.02 Å². The minimum absolute atomic E-state index is 0.0917. The molecule has 0 saturated heterocycles. The van der Waals surface area contributed by atoms with Gasteiger partial charge in [0.15, 0.2) is 0 Å². The van der Waals surface area contributed by atoms with Crippen molar-refractivity contribution in [2.75, 3.05) is 17.4 Å². The highest BCUT2D eigenvalue weighted by atomic mass is 79.9. The maximum Gasteiger partial charge on any atom is 0.417 e. The molecule has 7 nitrogen and oxygen atoms in total. The van der Waals surface area contributed by atoms with E-state index in [0.29, 0.717) is 27.0 Å². The molecule has 4 rings (SSSR count). The van der Waals surface area contributed by atoms with Crippen LogP contribution in [-0.2, 0) is 38.8 Å². The molecule has 0 aliphatic rings. The average Bonchev–Trinajstić information content (AvgIpc) is 3.04. The smallest absolute Gasteiger partial charge is 0.354 e. The molecule has 1 unspecified atom stereocenters. The van der Waals surface area contributed by atoms with Crippen molar-refractivity contribution in [1.82, 2.24) is 10.2 Å². The van der Waals surface area contributed by atoms with E-state index in [9.17, 15) is 31.2 Å². The Balaban J connectivity index is 1.86. The van der Waals surface area contributed by atoms with Crippen molar-refractivity contribution in [3.63, 3.8) is 0 Å². The first kappa shape index (κ1) is 37.9. The molecule has 0 heterocycles. The van der Waals surface area contributed by atoms with Gasteiger partial charge in [-0.25, -0.2) is 8.42 Å². The quantitative estimate of drug-likeness (QED) is 0.149. The number of halogens is 5. The molecule has 1 N–H and O–H groups in total. The summed E-state index contributed by atoms with van der Waals surface area (Å²) < 4.78 is 71.6. The van der Waals surface area contributed by atoms with Gasteiger partial charge in [-0.05, 0) is 66.4 Å². The highest BCUT2D eigenvalue weighted by Gasteiger charge is 2.37. The molecular formula is C36H36BrClF3N3O4S. The monoisotopic (exact) mass is 777 g/mol. The molecule has 0 radical (unpaired) electrons. The molecule has 1 atom stereocenters. The number of sulfonamides is 1. The van der Waals surface area contributed by atoms with Crippen LogP contribution in [0.15, 0.2) is 106 Å². The summed E-state index contributed by atoms with van der Waals surface area (Å²) in [6.45, 7) is 4.91. The summed E-state index contributed by atoms with van der Waals surface area (Å²) in [6.07, 6.45) is -4.81. The molecule has 4 aromatic rings. The van der Waals surface area contributed by atoms with Gasteiger partial charge in [0, 0.05) is 24.0 Å². The molecule has 0 fully saturated rings. The van der Waals surface area contributed by atoms with Crippen molar-refractivity contribution in [1.29, 1.82) is 0 Å². The van der Waals surface area contributed by atoms with Gasteiger partial charge in [0.25, 0.3) is 10.0 Å². The number of hydrogen-bond donors (Lipinski definition) is 1. The number of nitrogens with one attached hydrogen (secondary N) is 1. The van der Waals surface area contributed by atoms with Gasteiger partial charge in [0.05, 0.1) is 21.2 Å². The Bertz CT molecular complexity index is 1870. The van der Waals surface area contributed by atoms with Gasteiger partial charge in [-0.2, -0.15) is 13.2 Å². The lowest BCUT2D eigenvalue weighted by molar-refractivity contribution is -0.140. The van der Waals surface area contributed by atoms with Gasteiger partial charge in [-0.15, -0.1) is 0 Å². The third-order valence-corrected chi connectivity index (χ3v) is 10.2. The third-order valence-electron chi connectivity index (χ3n) is 7.63. The van der Waals surface area contributed by atoms with Crippen LogP contribution in [-0.4, -0.2) is 44.3 Å². The Morgan fingerprint density at radius 2 is 1.55 bits per heavy atom. The maximum atomic E-state index is 14.6. The predicted octanol–water partition coefficient (Wildman–Crippen LogP) is 8.04. The van der Waals surface area contributed by atoms with Gasteiger partial charge in [0.1, 0.15) is 12.6 Å². The van der Waals surface area contributed by atoms with Crippen LogP contribution in [0.5, 0.6) is 0 Å². The van der Waals surface area contributed by atoms with Crippen molar-refractivity contribution in [3.05, 3.63) is 129 Å². The Morgan fingerprint density at radius 3 is 2.16 bits per heavy atom. The topological polar surface area (TPSA) is 86.8 Å². The number of carbonyl (C=O) groups excluding carboxylic acids is 2. The first-order valence-corrected chi connectivity index (χ1v) is 18.0. The van der Waals surface area contributed by atoms with Crippen LogP contribution in [0.25, 0.3) is 0 Å². The molecule has 13 heteroatoms. The highest BCUT2D eigenvalue weighted by molar-refractivity contribution is 9.10. The highest BCUT2D eigenvalue weighted by Crippen LogP contribution is 2.38. The van der Waals surface area contributed by atoms with E-state index in [1.54, 1.807) is 55.5 Å². The van der Waals surface area contributed by atoms with Crippen LogP contribution in [0, 0.1) is 12.8 Å². The van der Waals surface area contributed by atoms with E-state index in [2.05, 4.69) is 21.2 Å². The summed E-state index contributed by atoms with van der Waals surface area (Å²) >= 11 is 9.32. The zero-order valence-corrected chi connectivity index (χ0v) is 30.2. The van der Waals surface area contributed by atoms with E-state index in [-0.39, 0.29) is 23.8 Å². The van der Waals surface area contributed by atoms with Gasteiger partial charge < -0.3 is 10.2 Å². The van der Waals surface area contributed by atoms with E-state index < -0.39 is 56.9 Å². The molecule has 260 valence electrons. The summed E-state index contributed by atoms with van der Waals surface area (Å²) in [6, 6.07) is 23.4. The molecule has 0 aliphatic heterocycles. The summed E-state index contributed by atoms with van der Waals surface area (Å²) in [5.41, 5.74) is 0.456. The fourth-order valence-electron chi connectivity index (χ4n) is 5.06. The molecule has 0 saturated carbocycles. The van der Waals surface area contributed by atoms with Crippen molar-refractivity contribution in [2.24, 2.45) is 5.92 Å². The lowest BCUT2D eigenvalue weighted by atomic mass is 10.0. The van der Waals surface area contributed by atoms with E-state index in [1.807, 2.05) is 32.0 Å². The number of anilines is 1. The van der Waals surface area contributed by atoms with E-state index in [1.165, 1.54) is 17.0 Å². The first-order chi connectivity index (χ1) is 23.1. The normalized spacial score (nSPS) is 12.4. The van der Waals surface area contributed by atoms with Crippen LogP contribution < -0.4 is 9.62 Å². The zero-order valence-electron chi connectivity index (χ0n) is 27.0.